The third-order valence-electron chi connectivity index (χ3n) is 3.22. The number of benzene rings is 1. The molecule has 1 rings (SSSR count). The Morgan fingerprint density at radius 1 is 1.14 bits per heavy atom. The Balaban J connectivity index is 2.44. The first kappa shape index (κ1) is 18.4. The van der Waals surface area contributed by atoms with E-state index in [0.717, 1.165) is 18.2 Å². The summed E-state index contributed by atoms with van der Waals surface area (Å²) in [6.07, 6.45) is 2.21. The average molecular weight is 325 g/mol. The molecule has 1 amide bonds. The summed E-state index contributed by atoms with van der Waals surface area (Å²) in [5.74, 6) is -0.506. The SMILES string of the molecule is CCc1ccc(C(=O)CCC(=O)NC(C)CS(C)(=O)=O)cc1. The second kappa shape index (κ2) is 8.08. The van der Waals surface area contributed by atoms with Crippen LogP contribution in [-0.2, 0) is 21.1 Å². The summed E-state index contributed by atoms with van der Waals surface area (Å²) in [6, 6.07) is 6.89. The Kier molecular flexibility index (Phi) is 6.74. The topological polar surface area (TPSA) is 80.3 Å². The first-order chi connectivity index (χ1) is 10.2. The first-order valence-corrected chi connectivity index (χ1v) is 9.36. The number of ketones is 1. The highest BCUT2D eigenvalue weighted by Crippen LogP contribution is 2.09. The van der Waals surface area contributed by atoms with Gasteiger partial charge in [-0.2, -0.15) is 0 Å². The zero-order valence-corrected chi connectivity index (χ0v) is 14.1. The maximum Gasteiger partial charge on any atom is 0.220 e. The zero-order valence-electron chi connectivity index (χ0n) is 13.3. The molecule has 0 saturated carbocycles. The van der Waals surface area contributed by atoms with Crippen LogP contribution in [0, 0.1) is 0 Å². The molecule has 0 aliphatic carbocycles. The summed E-state index contributed by atoms with van der Waals surface area (Å²) in [5.41, 5.74) is 1.75. The molecule has 0 bridgehead atoms. The van der Waals surface area contributed by atoms with Crippen LogP contribution in [0.15, 0.2) is 24.3 Å². The molecule has 1 N–H and O–H groups in total. The van der Waals surface area contributed by atoms with Gasteiger partial charge in [-0.1, -0.05) is 31.2 Å². The molecule has 0 fully saturated rings. The van der Waals surface area contributed by atoms with Crippen LogP contribution in [0.1, 0.15) is 42.6 Å². The minimum atomic E-state index is -3.13. The molecule has 5 nitrogen and oxygen atoms in total. The van der Waals surface area contributed by atoms with Gasteiger partial charge in [-0.25, -0.2) is 8.42 Å². The molecule has 1 unspecified atom stereocenters. The van der Waals surface area contributed by atoms with E-state index in [4.69, 9.17) is 0 Å². The van der Waals surface area contributed by atoms with E-state index in [-0.39, 0.29) is 30.3 Å². The number of nitrogens with one attached hydrogen (secondary N) is 1. The van der Waals surface area contributed by atoms with Crippen LogP contribution >= 0.6 is 0 Å². The molecule has 0 radical (unpaired) electrons. The van der Waals surface area contributed by atoms with Crippen molar-refractivity contribution in [1.82, 2.24) is 5.32 Å². The Labute approximate surface area is 132 Å². The number of sulfone groups is 1. The molecule has 0 saturated heterocycles. The van der Waals surface area contributed by atoms with Crippen LogP contribution in [0.2, 0.25) is 0 Å². The lowest BCUT2D eigenvalue weighted by atomic mass is 10.0. The highest BCUT2D eigenvalue weighted by atomic mass is 32.2. The molecular formula is C16H23NO4S. The Morgan fingerprint density at radius 3 is 2.23 bits per heavy atom. The van der Waals surface area contributed by atoms with Crippen molar-refractivity contribution >= 4 is 21.5 Å². The van der Waals surface area contributed by atoms with E-state index >= 15 is 0 Å². The summed E-state index contributed by atoms with van der Waals surface area (Å²) in [5, 5.41) is 2.59. The summed E-state index contributed by atoms with van der Waals surface area (Å²) in [4.78, 5) is 23.7. The van der Waals surface area contributed by atoms with E-state index in [1.807, 2.05) is 19.1 Å². The number of rotatable bonds is 8. The molecule has 0 spiro atoms. The van der Waals surface area contributed by atoms with Gasteiger partial charge in [0, 0.05) is 30.7 Å². The molecule has 0 heterocycles. The third kappa shape index (κ3) is 6.85. The maximum atomic E-state index is 12.0. The largest absolute Gasteiger partial charge is 0.353 e. The van der Waals surface area contributed by atoms with Crippen molar-refractivity contribution in [1.29, 1.82) is 0 Å². The molecule has 1 aromatic rings. The maximum absolute atomic E-state index is 12.0. The molecule has 6 heteroatoms. The highest BCUT2D eigenvalue weighted by Gasteiger charge is 2.14. The normalized spacial score (nSPS) is 12.7. The summed E-state index contributed by atoms with van der Waals surface area (Å²) >= 11 is 0. The van der Waals surface area contributed by atoms with Crippen molar-refractivity contribution in [3.63, 3.8) is 0 Å². The number of carbonyl (C=O) groups is 2. The zero-order chi connectivity index (χ0) is 16.8. The van der Waals surface area contributed by atoms with Crippen LogP contribution in [0.3, 0.4) is 0 Å². The summed E-state index contributed by atoms with van der Waals surface area (Å²) < 4.78 is 22.2. The van der Waals surface area contributed by atoms with Gasteiger partial charge in [-0.05, 0) is 18.9 Å². The van der Waals surface area contributed by atoms with Gasteiger partial charge >= 0.3 is 0 Å². The number of Topliss-reactive ketones (excluding diaryl/α,β-unsaturated/α-hetero) is 1. The Bertz CT molecular complexity index is 620. The van der Waals surface area contributed by atoms with Gasteiger partial charge < -0.3 is 5.32 Å². The number of hydrogen-bond acceptors (Lipinski definition) is 4. The van der Waals surface area contributed by atoms with Crippen molar-refractivity contribution in [2.24, 2.45) is 0 Å². The molecule has 0 aliphatic rings. The predicted octanol–water partition coefficient (Wildman–Crippen LogP) is 1.76. The molecule has 0 aromatic heterocycles. The first-order valence-electron chi connectivity index (χ1n) is 7.30. The molecule has 22 heavy (non-hydrogen) atoms. The van der Waals surface area contributed by atoms with Gasteiger partial charge in [0.25, 0.3) is 0 Å². The average Bonchev–Trinajstić information content (AvgIpc) is 2.42. The van der Waals surface area contributed by atoms with Crippen LogP contribution < -0.4 is 5.32 Å². The second-order valence-corrected chi connectivity index (χ2v) is 7.72. The fourth-order valence-corrected chi connectivity index (χ4v) is 3.13. The molecule has 1 atom stereocenters. The lowest BCUT2D eigenvalue weighted by Crippen LogP contribution is -2.37. The molecule has 122 valence electrons. The van der Waals surface area contributed by atoms with Crippen molar-refractivity contribution in [3.05, 3.63) is 35.4 Å². The van der Waals surface area contributed by atoms with Crippen LogP contribution in [0.4, 0.5) is 0 Å². The fraction of sp³-hybridized carbons (Fsp3) is 0.500. The van der Waals surface area contributed by atoms with Crippen molar-refractivity contribution in [2.45, 2.75) is 39.2 Å². The third-order valence-corrected chi connectivity index (χ3v) is 4.33. The second-order valence-electron chi connectivity index (χ2n) is 5.53. The van der Waals surface area contributed by atoms with Gasteiger partial charge in [0.15, 0.2) is 5.78 Å². The van der Waals surface area contributed by atoms with Crippen LogP contribution in [0.5, 0.6) is 0 Å². The van der Waals surface area contributed by atoms with Gasteiger partial charge in [0.2, 0.25) is 5.91 Å². The van der Waals surface area contributed by atoms with Gasteiger partial charge in [-0.3, -0.25) is 9.59 Å². The minimum Gasteiger partial charge on any atom is -0.353 e. The quantitative estimate of drug-likeness (QED) is 0.739. The van der Waals surface area contributed by atoms with E-state index < -0.39 is 15.9 Å². The highest BCUT2D eigenvalue weighted by molar-refractivity contribution is 7.90. The Hall–Kier alpha value is -1.69. The van der Waals surface area contributed by atoms with Crippen LogP contribution in [-0.4, -0.2) is 38.2 Å². The van der Waals surface area contributed by atoms with Crippen molar-refractivity contribution in [2.75, 3.05) is 12.0 Å². The number of aryl methyl sites for hydroxylation is 1. The van der Waals surface area contributed by atoms with E-state index in [0.29, 0.717) is 5.56 Å². The number of carbonyl (C=O) groups excluding carboxylic acids is 2. The molecule has 0 aliphatic heterocycles. The minimum absolute atomic E-state index is 0.0580. The summed E-state index contributed by atoms with van der Waals surface area (Å²) in [7, 11) is -3.13. The van der Waals surface area contributed by atoms with E-state index in [1.165, 1.54) is 0 Å². The van der Waals surface area contributed by atoms with Gasteiger partial charge in [0.05, 0.1) is 5.75 Å². The van der Waals surface area contributed by atoms with Gasteiger partial charge in [0.1, 0.15) is 9.84 Å². The Morgan fingerprint density at radius 2 is 1.73 bits per heavy atom. The van der Waals surface area contributed by atoms with E-state index in [9.17, 15) is 18.0 Å². The smallest absolute Gasteiger partial charge is 0.220 e. The monoisotopic (exact) mass is 325 g/mol. The van der Waals surface area contributed by atoms with Crippen molar-refractivity contribution < 1.29 is 18.0 Å². The van der Waals surface area contributed by atoms with E-state index in [2.05, 4.69) is 5.32 Å². The molecule has 1 aromatic carbocycles. The number of amides is 1. The van der Waals surface area contributed by atoms with E-state index in [1.54, 1.807) is 19.1 Å². The number of hydrogen-bond donors (Lipinski definition) is 1. The van der Waals surface area contributed by atoms with Crippen LogP contribution in [0.25, 0.3) is 0 Å². The molecular weight excluding hydrogens is 302 g/mol. The van der Waals surface area contributed by atoms with Gasteiger partial charge in [-0.15, -0.1) is 0 Å². The van der Waals surface area contributed by atoms with Crippen molar-refractivity contribution in [3.8, 4) is 0 Å². The lowest BCUT2D eigenvalue weighted by molar-refractivity contribution is -0.121. The lowest BCUT2D eigenvalue weighted by Gasteiger charge is -2.12. The fourth-order valence-electron chi connectivity index (χ4n) is 2.14. The standard InChI is InChI=1S/C16H23NO4S/c1-4-13-5-7-14(8-6-13)15(18)9-10-16(19)17-12(2)11-22(3,20)21/h5-8,12H,4,9-11H2,1-3H3,(H,17,19). The predicted molar refractivity (Wildman–Crippen MR) is 86.7 cm³/mol. The summed E-state index contributed by atoms with van der Waals surface area (Å²) in [6.45, 7) is 3.67.